The maximum Gasteiger partial charge on any atom is 0.239 e. The first-order chi connectivity index (χ1) is 9.10. The van der Waals surface area contributed by atoms with Gasteiger partial charge in [-0.3, -0.25) is 9.69 Å². The van der Waals surface area contributed by atoms with Gasteiger partial charge in [-0.2, -0.15) is 0 Å². The van der Waals surface area contributed by atoms with Crippen LogP contribution in [0.25, 0.3) is 0 Å². The second-order valence-electron chi connectivity index (χ2n) is 4.90. The standard InChI is InChI=1S/C13H18BrN3O2/c1-9-4-5-17(11(9)8-18)7-13(19)16-12-3-2-10(14)6-15-12/h2-3,6,9,11,18H,4-5,7-8H2,1H3,(H,15,16,19). The van der Waals surface area contributed by atoms with Gasteiger partial charge >= 0.3 is 0 Å². The molecule has 1 fully saturated rings. The fourth-order valence-corrected chi connectivity index (χ4v) is 2.63. The van der Waals surface area contributed by atoms with Crippen LogP contribution < -0.4 is 5.32 Å². The number of aliphatic hydroxyl groups is 1. The van der Waals surface area contributed by atoms with Crippen LogP contribution in [-0.4, -0.2) is 46.6 Å². The van der Waals surface area contributed by atoms with Crippen LogP contribution in [0.15, 0.2) is 22.8 Å². The predicted octanol–water partition coefficient (Wildman–Crippen LogP) is 1.49. The van der Waals surface area contributed by atoms with Crippen molar-refractivity contribution in [2.75, 3.05) is 25.0 Å². The minimum absolute atomic E-state index is 0.0867. The van der Waals surface area contributed by atoms with E-state index in [9.17, 15) is 9.90 Å². The van der Waals surface area contributed by atoms with Crippen molar-refractivity contribution in [1.82, 2.24) is 9.88 Å². The molecule has 2 N–H and O–H groups in total. The smallest absolute Gasteiger partial charge is 0.239 e. The topological polar surface area (TPSA) is 65.5 Å². The summed E-state index contributed by atoms with van der Waals surface area (Å²) in [6, 6.07) is 3.67. The second kappa shape index (κ2) is 6.45. The molecular weight excluding hydrogens is 310 g/mol. The number of rotatable bonds is 4. The average Bonchev–Trinajstić information content (AvgIpc) is 2.72. The van der Waals surface area contributed by atoms with Crippen LogP contribution in [0.2, 0.25) is 0 Å². The first-order valence-corrected chi connectivity index (χ1v) is 7.15. The molecule has 2 heterocycles. The summed E-state index contributed by atoms with van der Waals surface area (Å²) in [6.07, 6.45) is 2.67. The molecule has 1 aromatic heterocycles. The summed E-state index contributed by atoms with van der Waals surface area (Å²) in [7, 11) is 0. The van der Waals surface area contributed by atoms with Gasteiger partial charge in [0.25, 0.3) is 0 Å². The number of aliphatic hydroxyl groups excluding tert-OH is 1. The molecule has 0 radical (unpaired) electrons. The van der Waals surface area contributed by atoms with E-state index in [1.54, 1.807) is 12.3 Å². The lowest BCUT2D eigenvalue weighted by Gasteiger charge is -2.24. The molecule has 1 aliphatic rings. The Morgan fingerprint density at radius 1 is 1.63 bits per heavy atom. The SMILES string of the molecule is CC1CCN(CC(=O)Nc2ccc(Br)cn2)C1CO. The molecule has 2 unspecified atom stereocenters. The molecule has 1 aliphatic heterocycles. The molecule has 1 amide bonds. The number of likely N-dealkylation sites (tertiary alicyclic amines) is 1. The van der Waals surface area contributed by atoms with Crippen LogP contribution in [0.5, 0.6) is 0 Å². The van der Waals surface area contributed by atoms with Crippen LogP contribution in [0, 0.1) is 5.92 Å². The zero-order valence-electron chi connectivity index (χ0n) is 10.8. The summed E-state index contributed by atoms with van der Waals surface area (Å²) in [5.74, 6) is 0.881. The van der Waals surface area contributed by atoms with Gasteiger partial charge in [-0.05, 0) is 46.9 Å². The van der Waals surface area contributed by atoms with E-state index in [1.165, 1.54) is 0 Å². The quantitative estimate of drug-likeness (QED) is 0.879. The third-order valence-corrected chi connectivity index (χ3v) is 4.00. The molecule has 0 bridgehead atoms. The molecule has 0 aliphatic carbocycles. The van der Waals surface area contributed by atoms with E-state index in [-0.39, 0.29) is 18.6 Å². The van der Waals surface area contributed by atoms with Gasteiger partial charge in [0.05, 0.1) is 13.2 Å². The lowest BCUT2D eigenvalue weighted by molar-refractivity contribution is -0.117. The van der Waals surface area contributed by atoms with Gasteiger partial charge in [0, 0.05) is 16.7 Å². The number of carbonyl (C=O) groups is 1. The number of hydrogen-bond acceptors (Lipinski definition) is 4. The maximum absolute atomic E-state index is 11.9. The average molecular weight is 328 g/mol. The van der Waals surface area contributed by atoms with E-state index in [1.807, 2.05) is 11.0 Å². The lowest BCUT2D eigenvalue weighted by atomic mass is 10.0. The van der Waals surface area contributed by atoms with Gasteiger partial charge in [0.2, 0.25) is 5.91 Å². The van der Waals surface area contributed by atoms with Crippen LogP contribution in [0.3, 0.4) is 0 Å². The summed E-state index contributed by atoms with van der Waals surface area (Å²) < 4.78 is 0.874. The largest absolute Gasteiger partial charge is 0.395 e. The number of aromatic nitrogens is 1. The van der Waals surface area contributed by atoms with Crippen LogP contribution in [0.1, 0.15) is 13.3 Å². The molecule has 0 saturated carbocycles. The van der Waals surface area contributed by atoms with Gasteiger partial charge in [-0.1, -0.05) is 6.92 Å². The Morgan fingerprint density at radius 3 is 3.05 bits per heavy atom. The van der Waals surface area contributed by atoms with Crippen molar-refractivity contribution in [1.29, 1.82) is 0 Å². The number of pyridine rings is 1. The van der Waals surface area contributed by atoms with E-state index >= 15 is 0 Å². The molecule has 1 aromatic rings. The van der Waals surface area contributed by atoms with Crippen molar-refractivity contribution < 1.29 is 9.90 Å². The van der Waals surface area contributed by atoms with Crippen molar-refractivity contribution in [3.05, 3.63) is 22.8 Å². The summed E-state index contributed by atoms with van der Waals surface area (Å²) >= 11 is 3.30. The molecule has 0 aromatic carbocycles. The number of halogens is 1. The van der Waals surface area contributed by atoms with E-state index < -0.39 is 0 Å². The fourth-order valence-electron chi connectivity index (χ4n) is 2.40. The molecule has 19 heavy (non-hydrogen) atoms. The highest BCUT2D eigenvalue weighted by molar-refractivity contribution is 9.10. The van der Waals surface area contributed by atoms with Crippen molar-refractivity contribution in [2.45, 2.75) is 19.4 Å². The molecule has 0 spiro atoms. The van der Waals surface area contributed by atoms with E-state index in [2.05, 4.69) is 33.2 Å². The van der Waals surface area contributed by atoms with E-state index in [0.717, 1.165) is 17.4 Å². The number of nitrogens with one attached hydrogen (secondary N) is 1. The zero-order valence-corrected chi connectivity index (χ0v) is 12.4. The highest BCUT2D eigenvalue weighted by Gasteiger charge is 2.31. The number of carbonyl (C=O) groups excluding carboxylic acids is 1. The van der Waals surface area contributed by atoms with Gasteiger partial charge < -0.3 is 10.4 Å². The van der Waals surface area contributed by atoms with Crippen LogP contribution in [0.4, 0.5) is 5.82 Å². The minimum Gasteiger partial charge on any atom is -0.395 e. The molecule has 2 atom stereocenters. The predicted molar refractivity (Wildman–Crippen MR) is 76.8 cm³/mol. The van der Waals surface area contributed by atoms with Crippen molar-refractivity contribution in [3.8, 4) is 0 Å². The normalized spacial score (nSPS) is 23.5. The summed E-state index contributed by atoms with van der Waals surface area (Å²) in [5.41, 5.74) is 0. The molecule has 2 rings (SSSR count). The van der Waals surface area contributed by atoms with Crippen LogP contribution >= 0.6 is 15.9 Å². The van der Waals surface area contributed by atoms with E-state index in [4.69, 9.17) is 0 Å². The monoisotopic (exact) mass is 327 g/mol. The Labute approximate surface area is 121 Å². The Bertz CT molecular complexity index is 438. The third kappa shape index (κ3) is 3.75. The summed E-state index contributed by atoms with van der Waals surface area (Å²) in [4.78, 5) is 18.1. The van der Waals surface area contributed by atoms with E-state index in [0.29, 0.717) is 18.3 Å². The first kappa shape index (κ1) is 14.4. The highest BCUT2D eigenvalue weighted by Crippen LogP contribution is 2.23. The van der Waals surface area contributed by atoms with Gasteiger partial charge in [-0.25, -0.2) is 4.98 Å². The summed E-state index contributed by atoms with van der Waals surface area (Å²) in [6.45, 7) is 3.36. The third-order valence-electron chi connectivity index (χ3n) is 3.53. The van der Waals surface area contributed by atoms with Crippen LogP contribution in [-0.2, 0) is 4.79 Å². The van der Waals surface area contributed by atoms with Gasteiger partial charge in [-0.15, -0.1) is 0 Å². The lowest BCUT2D eigenvalue weighted by Crippen LogP contribution is -2.40. The number of amides is 1. The second-order valence-corrected chi connectivity index (χ2v) is 5.81. The van der Waals surface area contributed by atoms with Gasteiger partial charge in [0.1, 0.15) is 5.82 Å². The van der Waals surface area contributed by atoms with Crippen molar-refractivity contribution in [3.63, 3.8) is 0 Å². The van der Waals surface area contributed by atoms with Crippen molar-refractivity contribution in [2.24, 2.45) is 5.92 Å². The molecule has 104 valence electrons. The Balaban J connectivity index is 1.89. The fraction of sp³-hybridized carbons (Fsp3) is 0.538. The Hall–Kier alpha value is -0.980. The zero-order chi connectivity index (χ0) is 13.8. The Morgan fingerprint density at radius 2 is 2.42 bits per heavy atom. The first-order valence-electron chi connectivity index (χ1n) is 6.36. The minimum atomic E-state index is -0.0950. The van der Waals surface area contributed by atoms with Crippen molar-refractivity contribution >= 4 is 27.7 Å². The Kier molecular flexibility index (Phi) is 4.90. The highest BCUT2D eigenvalue weighted by atomic mass is 79.9. The number of hydrogen-bond donors (Lipinski definition) is 2. The molecule has 6 heteroatoms. The number of anilines is 1. The molecular formula is C13H18BrN3O2. The number of nitrogens with zero attached hydrogens (tertiary/aromatic N) is 2. The summed E-state index contributed by atoms with van der Waals surface area (Å²) in [5, 5.41) is 12.1. The maximum atomic E-state index is 11.9. The molecule has 5 nitrogen and oxygen atoms in total. The van der Waals surface area contributed by atoms with Gasteiger partial charge in [0.15, 0.2) is 0 Å². The molecule has 1 saturated heterocycles.